The molecule has 45 heavy (non-hydrogen) atoms. The van der Waals surface area contributed by atoms with E-state index in [1.807, 2.05) is 19.1 Å². The van der Waals surface area contributed by atoms with Crippen molar-refractivity contribution in [1.29, 1.82) is 0 Å². The number of allylic oxidation sites excluding steroid dienone is 1. The molecule has 0 spiro atoms. The first-order valence-electron chi connectivity index (χ1n) is 15.4. The second kappa shape index (κ2) is 14.2. The number of benzene rings is 1. The summed E-state index contributed by atoms with van der Waals surface area (Å²) >= 11 is 4.50. The second-order valence-electron chi connectivity index (χ2n) is 12.3. The number of rotatable bonds is 12. The molecule has 0 aliphatic heterocycles. The van der Waals surface area contributed by atoms with Crippen LogP contribution >= 0.6 is 27.3 Å². The summed E-state index contributed by atoms with van der Waals surface area (Å²) in [6.45, 7) is 4.79. The number of aryl methyl sites for hydroxylation is 1. The zero-order chi connectivity index (χ0) is 32.3. The summed E-state index contributed by atoms with van der Waals surface area (Å²) in [5, 5.41) is 5.15. The van der Waals surface area contributed by atoms with Crippen LogP contribution in [0.3, 0.4) is 0 Å². The standard InChI is InChI=1S/C33H38BrF3N4O3S/c1-19-9-11-22(15-24(19)31(43)39-25-14-21(25)8-6-4-5-7-13-41(3)18-42)44-27-16-26(32-40-28(17-45-32)33(35,36)37)38-30-23(27)12-10-20(2)29(30)34/h6,8,10,12,16-19,21-22,24-25H,4-5,7,9,11,13-15H2,1-3H3,(H,39,43)/b8-6-/t19-,21-,22+,24?,25?/m1/s1. The molecule has 3 aromatic rings. The van der Waals surface area contributed by atoms with Gasteiger partial charge in [-0.1, -0.05) is 25.1 Å². The van der Waals surface area contributed by atoms with Crippen molar-refractivity contribution in [3.05, 3.63) is 51.5 Å². The number of carbonyl (C=O) groups excluding carboxylic acids is 2. The first-order valence-corrected chi connectivity index (χ1v) is 17.0. The van der Waals surface area contributed by atoms with E-state index in [1.165, 1.54) is 0 Å². The van der Waals surface area contributed by atoms with Crippen molar-refractivity contribution >= 4 is 50.5 Å². The fraction of sp³-hybridized carbons (Fsp3) is 0.515. The van der Waals surface area contributed by atoms with E-state index in [9.17, 15) is 22.8 Å². The average molecular weight is 708 g/mol. The first-order chi connectivity index (χ1) is 21.4. The van der Waals surface area contributed by atoms with E-state index in [0.29, 0.717) is 29.3 Å². The molecule has 1 aromatic carbocycles. The SMILES string of the molecule is Cc1ccc2c(O[C@H]3CC[C@@H](C)C(C(=O)NC4C[C@H]4/C=C\CCCCN(C)C=O)C3)cc(-c3nc(C(F)(F)F)cs3)nc2c1Br. The third-order valence-corrected chi connectivity index (χ3v) is 10.6. The molecule has 1 N–H and O–H groups in total. The molecule has 2 aliphatic carbocycles. The summed E-state index contributed by atoms with van der Waals surface area (Å²) in [6, 6.07) is 5.66. The molecule has 0 saturated heterocycles. The number of hydrogen-bond acceptors (Lipinski definition) is 6. The van der Waals surface area contributed by atoms with Crippen molar-refractivity contribution in [3.8, 4) is 16.5 Å². The molecule has 0 bridgehead atoms. The average Bonchev–Trinajstić information content (AvgIpc) is 3.51. The van der Waals surface area contributed by atoms with E-state index in [-0.39, 0.29) is 34.9 Å². The largest absolute Gasteiger partial charge is 0.490 e. The molecule has 2 amide bonds. The Bertz CT molecular complexity index is 1560. The lowest BCUT2D eigenvalue weighted by atomic mass is 9.78. The molecule has 242 valence electrons. The van der Waals surface area contributed by atoms with E-state index in [1.54, 1.807) is 18.0 Å². The summed E-state index contributed by atoms with van der Waals surface area (Å²) in [5.74, 6) is 0.932. The Kier molecular flexibility index (Phi) is 10.5. The molecular formula is C33H38BrF3N4O3S. The van der Waals surface area contributed by atoms with Gasteiger partial charge in [0.05, 0.1) is 11.6 Å². The maximum absolute atomic E-state index is 13.4. The van der Waals surface area contributed by atoms with Gasteiger partial charge in [-0.15, -0.1) is 11.3 Å². The smallest absolute Gasteiger partial charge is 0.434 e. The highest BCUT2D eigenvalue weighted by molar-refractivity contribution is 9.10. The minimum Gasteiger partial charge on any atom is -0.490 e. The van der Waals surface area contributed by atoms with Crippen molar-refractivity contribution in [2.24, 2.45) is 17.8 Å². The third-order valence-electron chi connectivity index (χ3n) is 8.73. The van der Waals surface area contributed by atoms with Crippen molar-refractivity contribution < 1.29 is 27.5 Å². The highest BCUT2D eigenvalue weighted by atomic mass is 79.9. The number of halogens is 4. The quantitative estimate of drug-likeness (QED) is 0.117. The van der Waals surface area contributed by atoms with Crippen LogP contribution in [0.1, 0.15) is 63.1 Å². The van der Waals surface area contributed by atoms with E-state index in [2.05, 4.69) is 50.3 Å². The van der Waals surface area contributed by atoms with Crippen LogP contribution in [0.25, 0.3) is 21.6 Å². The zero-order valence-electron chi connectivity index (χ0n) is 25.6. The molecule has 2 aliphatic rings. The number of carbonyl (C=O) groups is 2. The Labute approximate surface area is 273 Å². The second-order valence-corrected chi connectivity index (χ2v) is 13.9. The molecule has 12 heteroatoms. The van der Waals surface area contributed by atoms with E-state index < -0.39 is 11.9 Å². The van der Waals surface area contributed by atoms with Crippen LogP contribution in [-0.2, 0) is 15.8 Å². The topological polar surface area (TPSA) is 84.4 Å². The van der Waals surface area contributed by atoms with Crippen molar-refractivity contribution in [2.75, 3.05) is 13.6 Å². The number of ether oxygens (including phenoxy) is 1. The van der Waals surface area contributed by atoms with Crippen molar-refractivity contribution in [2.45, 2.75) is 77.1 Å². The number of fused-ring (bicyclic) bond motifs is 1. The summed E-state index contributed by atoms with van der Waals surface area (Å²) in [6.07, 6.45) is 6.46. The van der Waals surface area contributed by atoms with Gasteiger partial charge < -0.3 is 15.0 Å². The maximum atomic E-state index is 13.4. The van der Waals surface area contributed by atoms with Gasteiger partial charge in [0.15, 0.2) is 5.69 Å². The van der Waals surface area contributed by atoms with E-state index in [4.69, 9.17) is 4.74 Å². The highest BCUT2D eigenvalue weighted by Gasteiger charge is 2.40. The number of alkyl halides is 3. The Morgan fingerprint density at radius 1 is 1.22 bits per heavy atom. The number of pyridine rings is 1. The number of aromatic nitrogens is 2. The summed E-state index contributed by atoms with van der Waals surface area (Å²) in [5.41, 5.74) is 0.889. The molecule has 2 aromatic heterocycles. The van der Waals surface area contributed by atoms with Crippen LogP contribution in [0.15, 0.2) is 40.2 Å². The lowest BCUT2D eigenvalue weighted by molar-refractivity contribution is -0.140. The first kappa shape index (κ1) is 33.4. The molecule has 5 rings (SSSR count). The fourth-order valence-electron chi connectivity index (χ4n) is 5.82. The van der Waals surface area contributed by atoms with Crippen molar-refractivity contribution in [1.82, 2.24) is 20.2 Å². The Balaban J connectivity index is 1.24. The van der Waals surface area contributed by atoms with Crippen LogP contribution in [0, 0.1) is 24.7 Å². The van der Waals surface area contributed by atoms with Crippen LogP contribution in [0.5, 0.6) is 5.75 Å². The molecule has 2 heterocycles. The van der Waals surface area contributed by atoms with Crippen LogP contribution in [0.4, 0.5) is 13.2 Å². The molecule has 2 saturated carbocycles. The number of hydrogen-bond donors (Lipinski definition) is 1. The molecule has 0 radical (unpaired) electrons. The van der Waals surface area contributed by atoms with Gasteiger partial charge in [-0.3, -0.25) is 9.59 Å². The monoisotopic (exact) mass is 706 g/mol. The maximum Gasteiger partial charge on any atom is 0.434 e. The summed E-state index contributed by atoms with van der Waals surface area (Å²) in [7, 11) is 1.78. The lowest BCUT2D eigenvalue weighted by Crippen LogP contribution is -2.41. The van der Waals surface area contributed by atoms with E-state index in [0.717, 1.165) is 83.6 Å². The fourth-order valence-corrected chi connectivity index (χ4v) is 7.04. The van der Waals surface area contributed by atoms with Crippen LogP contribution in [-0.4, -0.2) is 52.9 Å². The zero-order valence-corrected chi connectivity index (χ0v) is 28.0. The number of amides is 2. The van der Waals surface area contributed by atoms with Crippen molar-refractivity contribution in [3.63, 3.8) is 0 Å². The van der Waals surface area contributed by atoms with Crippen LogP contribution < -0.4 is 10.1 Å². The highest BCUT2D eigenvalue weighted by Crippen LogP contribution is 2.41. The minimum atomic E-state index is -4.54. The van der Waals surface area contributed by atoms with Gasteiger partial charge in [-0.25, -0.2) is 9.97 Å². The van der Waals surface area contributed by atoms with Gasteiger partial charge in [0.25, 0.3) is 0 Å². The number of thiazole rings is 1. The Morgan fingerprint density at radius 3 is 2.76 bits per heavy atom. The van der Waals surface area contributed by atoms with Gasteiger partial charge in [-0.2, -0.15) is 13.2 Å². The summed E-state index contributed by atoms with van der Waals surface area (Å²) in [4.78, 5) is 34.2. The normalized spacial score (nSPS) is 23.3. The minimum absolute atomic E-state index is 0.0507. The van der Waals surface area contributed by atoms with Gasteiger partial charge in [0, 0.05) is 46.9 Å². The van der Waals surface area contributed by atoms with Gasteiger partial charge in [0.1, 0.15) is 16.5 Å². The number of nitrogens with one attached hydrogen (secondary N) is 1. The Morgan fingerprint density at radius 2 is 2.02 bits per heavy atom. The summed E-state index contributed by atoms with van der Waals surface area (Å²) < 4.78 is 47.2. The molecule has 7 nitrogen and oxygen atoms in total. The van der Waals surface area contributed by atoms with E-state index >= 15 is 0 Å². The van der Waals surface area contributed by atoms with Crippen LogP contribution in [0.2, 0.25) is 0 Å². The Hall–Kier alpha value is -2.99. The van der Waals surface area contributed by atoms with Gasteiger partial charge in [-0.05, 0) is 91.3 Å². The number of nitrogens with zero attached hydrogens (tertiary/aromatic N) is 3. The number of unbranched alkanes of at least 4 members (excludes halogenated alkanes) is 2. The third kappa shape index (κ3) is 8.24. The molecule has 2 fully saturated rings. The molecular weight excluding hydrogens is 669 g/mol. The lowest BCUT2D eigenvalue weighted by Gasteiger charge is -2.34. The predicted molar refractivity (Wildman–Crippen MR) is 173 cm³/mol. The van der Waals surface area contributed by atoms with Gasteiger partial charge >= 0.3 is 6.18 Å². The predicted octanol–water partition coefficient (Wildman–Crippen LogP) is 7.95. The molecule has 2 unspecified atom stereocenters. The molecule has 5 atom stereocenters. The van der Waals surface area contributed by atoms with Gasteiger partial charge in [0.2, 0.25) is 12.3 Å².